The minimum atomic E-state index is -4.87. The summed E-state index contributed by atoms with van der Waals surface area (Å²) in [5, 5.41) is 7.78. The highest BCUT2D eigenvalue weighted by Gasteiger charge is 2.45. The lowest BCUT2D eigenvalue weighted by atomic mass is 9.81. The van der Waals surface area contributed by atoms with Gasteiger partial charge in [0.25, 0.3) is 5.56 Å². The van der Waals surface area contributed by atoms with E-state index in [0.29, 0.717) is 5.56 Å². The molecule has 0 radical (unpaired) electrons. The predicted molar refractivity (Wildman–Crippen MR) is 87.9 cm³/mol. The van der Waals surface area contributed by atoms with Crippen molar-refractivity contribution in [3.63, 3.8) is 0 Å². The molecular weight excluding hydrogens is 385 g/mol. The zero-order valence-electron chi connectivity index (χ0n) is 14.5. The Morgan fingerprint density at radius 3 is 2.57 bits per heavy atom. The van der Waals surface area contributed by atoms with Gasteiger partial charge in [-0.2, -0.15) is 27.9 Å². The van der Waals surface area contributed by atoms with Crippen LogP contribution in [0.3, 0.4) is 0 Å². The highest BCUT2D eigenvalue weighted by molar-refractivity contribution is 5.66. The van der Waals surface area contributed by atoms with Crippen molar-refractivity contribution in [3.8, 4) is 11.1 Å². The molecule has 28 heavy (non-hydrogen) atoms. The quantitative estimate of drug-likeness (QED) is 0.634. The van der Waals surface area contributed by atoms with Crippen LogP contribution < -0.4 is 5.56 Å². The average Bonchev–Trinajstić information content (AvgIpc) is 3.00. The number of hydrogen-bond acceptors (Lipinski definition) is 4. The van der Waals surface area contributed by atoms with Crippen LogP contribution in [0.5, 0.6) is 0 Å². The van der Waals surface area contributed by atoms with E-state index in [0.717, 1.165) is 10.7 Å². The van der Waals surface area contributed by atoms with Gasteiger partial charge in [-0.3, -0.25) is 9.48 Å². The maximum atomic E-state index is 13.6. The Hall–Kier alpha value is -2.85. The molecule has 3 heterocycles. The molecule has 0 bridgehead atoms. The lowest BCUT2D eigenvalue weighted by Crippen LogP contribution is -2.37. The van der Waals surface area contributed by atoms with Gasteiger partial charge in [0.15, 0.2) is 11.3 Å². The third-order valence-corrected chi connectivity index (χ3v) is 4.63. The Labute approximate surface area is 154 Å². The van der Waals surface area contributed by atoms with Gasteiger partial charge in [-0.05, 0) is 24.5 Å². The van der Waals surface area contributed by atoms with Crippen LogP contribution in [0.1, 0.15) is 24.1 Å². The van der Waals surface area contributed by atoms with E-state index in [9.17, 15) is 26.7 Å². The van der Waals surface area contributed by atoms with Gasteiger partial charge in [0, 0.05) is 31.1 Å². The van der Waals surface area contributed by atoms with E-state index in [-0.39, 0.29) is 36.5 Å². The Balaban J connectivity index is 1.79. The summed E-state index contributed by atoms with van der Waals surface area (Å²) in [5.41, 5.74) is -2.74. The molecule has 1 aliphatic carbocycles. The number of aromatic nitrogens is 5. The standard InChI is InChI=1S/C17H14F5N5O/c1-9-2-12-25-14(17(20,21)22)13(15(28)27(12)24-5-9)11-6-23-26(8-11)7-10-3-16(18,19)4-10/h2,5-6,8,10H,3-4,7H2,1H3. The van der Waals surface area contributed by atoms with Crippen LogP contribution in [-0.2, 0) is 12.7 Å². The largest absolute Gasteiger partial charge is 0.434 e. The number of alkyl halides is 5. The van der Waals surface area contributed by atoms with Gasteiger partial charge in [0.2, 0.25) is 5.92 Å². The summed E-state index contributed by atoms with van der Waals surface area (Å²) in [6.45, 7) is 1.76. The Morgan fingerprint density at radius 1 is 1.21 bits per heavy atom. The summed E-state index contributed by atoms with van der Waals surface area (Å²) in [4.78, 5) is 16.3. The molecule has 0 unspecified atom stereocenters. The summed E-state index contributed by atoms with van der Waals surface area (Å²) in [5.74, 6) is -3.01. The SMILES string of the molecule is Cc1cnn2c(=O)c(-c3cnn(CC4CC(F)(F)C4)c3)c(C(F)(F)F)nc2c1. The molecule has 0 N–H and O–H groups in total. The maximum Gasteiger partial charge on any atom is 0.434 e. The minimum absolute atomic E-state index is 0.0901. The fourth-order valence-corrected chi connectivity index (χ4v) is 3.36. The molecule has 148 valence electrons. The lowest BCUT2D eigenvalue weighted by molar-refractivity contribution is -0.140. The predicted octanol–water partition coefficient (Wildman–Crippen LogP) is 3.33. The summed E-state index contributed by atoms with van der Waals surface area (Å²) in [7, 11) is 0. The fourth-order valence-electron chi connectivity index (χ4n) is 3.36. The van der Waals surface area contributed by atoms with E-state index >= 15 is 0 Å². The second kappa shape index (κ2) is 6.08. The summed E-state index contributed by atoms with van der Waals surface area (Å²) >= 11 is 0. The molecule has 3 aromatic rings. The molecule has 1 fully saturated rings. The van der Waals surface area contributed by atoms with Crippen molar-refractivity contribution in [1.29, 1.82) is 0 Å². The fraction of sp³-hybridized carbons (Fsp3) is 0.412. The van der Waals surface area contributed by atoms with Gasteiger partial charge in [-0.25, -0.2) is 13.8 Å². The van der Waals surface area contributed by atoms with Crippen LogP contribution in [0.25, 0.3) is 16.8 Å². The van der Waals surface area contributed by atoms with Crippen molar-refractivity contribution in [2.45, 2.75) is 38.4 Å². The molecule has 11 heteroatoms. The molecule has 0 saturated heterocycles. The lowest BCUT2D eigenvalue weighted by Gasteiger charge is -2.34. The van der Waals surface area contributed by atoms with E-state index in [1.165, 1.54) is 23.1 Å². The van der Waals surface area contributed by atoms with Crippen molar-refractivity contribution < 1.29 is 22.0 Å². The van der Waals surface area contributed by atoms with Gasteiger partial charge in [-0.15, -0.1) is 0 Å². The van der Waals surface area contributed by atoms with Crippen molar-refractivity contribution in [1.82, 2.24) is 24.4 Å². The van der Waals surface area contributed by atoms with Crippen LogP contribution in [0, 0.1) is 12.8 Å². The van der Waals surface area contributed by atoms with E-state index in [1.807, 2.05) is 0 Å². The highest BCUT2D eigenvalue weighted by atomic mass is 19.4. The van der Waals surface area contributed by atoms with E-state index in [4.69, 9.17) is 0 Å². The van der Waals surface area contributed by atoms with Gasteiger partial charge < -0.3 is 0 Å². The molecule has 1 saturated carbocycles. The first-order chi connectivity index (χ1) is 13.0. The first-order valence-electron chi connectivity index (χ1n) is 8.41. The summed E-state index contributed by atoms with van der Waals surface area (Å²) in [6.07, 6.45) is -1.77. The van der Waals surface area contributed by atoms with Crippen molar-refractivity contribution >= 4 is 5.65 Å². The first kappa shape index (κ1) is 18.5. The van der Waals surface area contributed by atoms with Gasteiger partial charge >= 0.3 is 6.18 Å². The van der Waals surface area contributed by atoms with Gasteiger partial charge in [0.1, 0.15) is 0 Å². The second-order valence-electron chi connectivity index (χ2n) is 7.02. The minimum Gasteiger partial charge on any atom is -0.272 e. The van der Waals surface area contributed by atoms with E-state index in [2.05, 4.69) is 15.2 Å². The van der Waals surface area contributed by atoms with Gasteiger partial charge in [0.05, 0.1) is 18.0 Å². The number of hydrogen-bond donors (Lipinski definition) is 0. The number of rotatable bonds is 3. The molecule has 3 aromatic heterocycles. The van der Waals surface area contributed by atoms with Crippen LogP contribution in [-0.4, -0.2) is 30.3 Å². The molecule has 4 rings (SSSR count). The maximum absolute atomic E-state index is 13.6. The number of aryl methyl sites for hydroxylation is 1. The zero-order valence-corrected chi connectivity index (χ0v) is 14.5. The van der Waals surface area contributed by atoms with Crippen molar-refractivity contribution in [2.24, 2.45) is 5.92 Å². The molecule has 0 aliphatic heterocycles. The van der Waals surface area contributed by atoms with Gasteiger partial charge in [-0.1, -0.05) is 0 Å². The monoisotopic (exact) mass is 399 g/mol. The topological polar surface area (TPSA) is 65.1 Å². The third kappa shape index (κ3) is 3.25. The normalized spacial score (nSPS) is 17.1. The van der Waals surface area contributed by atoms with Crippen molar-refractivity contribution in [2.75, 3.05) is 0 Å². The number of halogens is 5. The first-order valence-corrected chi connectivity index (χ1v) is 8.41. The average molecular weight is 399 g/mol. The second-order valence-corrected chi connectivity index (χ2v) is 7.02. The molecule has 0 atom stereocenters. The van der Waals surface area contributed by atoms with E-state index < -0.39 is 28.9 Å². The smallest absolute Gasteiger partial charge is 0.272 e. The number of nitrogens with zero attached hydrogens (tertiary/aromatic N) is 5. The van der Waals surface area contributed by atoms with Crippen LogP contribution in [0.2, 0.25) is 0 Å². The summed E-state index contributed by atoms with van der Waals surface area (Å²) in [6, 6.07) is 1.33. The molecule has 6 nitrogen and oxygen atoms in total. The molecule has 0 amide bonds. The van der Waals surface area contributed by atoms with Crippen molar-refractivity contribution in [3.05, 3.63) is 46.3 Å². The van der Waals surface area contributed by atoms with Crippen LogP contribution >= 0.6 is 0 Å². The molecule has 1 aliphatic rings. The highest BCUT2D eigenvalue weighted by Crippen LogP contribution is 2.43. The third-order valence-electron chi connectivity index (χ3n) is 4.63. The zero-order chi connectivity index (χ0) is 20.3. The Kier molecular flexibility index (Phi) is 4.02. The molecule has 0 spiro atoms. The van der Waals surface area contributed by atoms with E-state index in [1.54, 1.807) is 6.92 Å². The molecular formula is C17H14F5N5O. The summed E-state index contributed by atoms with van der Waals surface area (Å²) < 4.78 is 68.7. The number of fused-ring (bicyclic) bond motifs is 1. The van der Waals surface area contributed by atoms with Crippen LogP contribution in [0.15, 0.2) is 29.5 Å². The Morgan fingerprint density at radius 2 is 1.93 bits per heavy atom. The Bertz CT molecular complexity index is 1110. The molecule has 0 aromatic carbocycles. The van der Waals surface area contributed by atoms with Crippen LogP contribution in [0.4, 0.5) is 22.0 Å².